The number of anilines is 1. The van der Waals surface area contributed by atoms with Gasteiger partial charge in [0.1, 0.15) is 5.75 Å². The molecule has 0 saturated carbocycles. The monoisotopic (exact) mass is 409 g/mol. The van der Waals surface area contributed by atoms with Gasteiger partial charge < -0.3 is 15.0 Å². The third-order valence-corrected chi connectivity index (χ3v) is 5.19. The fraction of sp³-hybridized carbons (Fsp3) is 0.316. The van der Waals surface area contributed by atoms with Gasteiger partial charge in [-0.05, 0) is 48.1 Å². The van der Waals surface area contributed by atoms with Crippen molar-refractivity contribution in [2.45, 2.75) is 6.54 Å². The second kappa shape index (κ2) is 8.91. The number of benzene rings is 2. The molecule has 1 aliphatic rings. The van der Waals surface area contributed by atoms with E-state index in [9.17, 15) is 0 Å². The van der Waals surface area contributed by atoms with E-state index in [1.807, 2.05) is 30.3 Å². The molecule has 0 bridgehead atoms. The lowest BCUT2D eigenvalue weighted by Gasteiger charge is -2.36. The molecule has 2 aromatic rings. The molecule has 0 spiro atoms. The average Bonchev–Trinajstić information content (AvgIpc) is 2.62. The number of hydrogen-bond donors (Lipinski definition) is 1. The van der Waals surface area contributed by atoms with Crippen LogP contribution in [-0.4, -0.2) is 48.2 Å². The fourth-order valence-electron chi connectivity index (χ4n) is 2.97. The lowest BCUT2D eigenvalue weighted by atomic mass is 10.2. The molecule has 7 heteroatoms. The first kappa shape index (κ1) is 19.2. The molecular weight excluding hydrogens is 389 g/mol. The van der Waals surface area contributed by atoms with Crippen molar-refractivity contribution in [3.8, 4) is 5.75 Å². The number of ether oxygens (including phenoxy) is 1. The number of rotatable bonds is 4. The number of nitrogens with zero attached hydrogens (tertiary/aromatic N) is 2. The first-order chi connectivity index (χ1) is 12.5. The molecule has 0 radical (unpaired) electrons. The van der Waals surface area contributed by atoms with Crippen molar-refractivity contribution >= 4 is 46.2 Å². The summed E-state index contributed by atoms with van der Waals surface area (Å²) in [6.45, 7) is 4.53. The summed E-state index contributed by atoms with van der Waals surface area (Å²) in [6.07, 6.45) is 0. The van der Waals surface area contributed by atoms with E-state index in [1.165, 1.54) is 5.56 Å². The van der Waals surface area contributed by atoms with Gasteiger partial charge in [0.2, 0.25) is 0 Å². The fourth-order valence-corrected chi connectivity index (χ4v) is 3.65. The Labute approximate surface area is 169 Å². The quantitative estimate of drug-likeness (QED) is 0.749. The van der Waals surface area contributed by atoms with Crippen LogP contribution in [0.25, 0.3) is 0 Å². The summed E-state index contributed by atoms with van der Waals surface area (Å²) in [6, 6.07) is 13.5. The Hall–Kier alpha value is -1.53. The van der Waals surface area contributed by atoms with E-state index in [1.54, 1.807) is 13.2 Å². The number of hydrogen-bond acceptors (Lipinski definition) is 3. The summed E-state index contributed by atoms with van der Waals surface area (Å²) in [5.74, 6) is 0.719. The van der Waals surface area contributed by atoms with Crippen LogP contribution < -0.4 is 10.1 Å². The molecule has 26 heavy (non-hydrogen) atoms. The first-order valence-electron chi connectivity index (χ1n) is 8.41. The SMILES string of the molecule is COc1ccc(Cl)cc1NC(=S)N1CCN(Cc2cccc(Cl)c2)CC1. The number of nitrogens with one attached hydrogen (secondary N) is 1. The molecule has 1 saturated heterocycles. The predicted molar refractivity (Wildman–Crippen MR) is 113 cm³/mol. The lowest BCUT2D eigenvalue weighted by Crippen LogP contribution is -2.49. The zero-order valence-electron chi connectivity index (χ0n) is 14.5. The summed E-state index contributed by atoms with van der Waals surface area (Å²) in [4.78, 5) is 4.58. The molecule has 3 rings (SSSR count). The Kier molecular flexibility index (Phi) is 6.59. The van der Waals surface area contributed by atoms with Crippen LogP contribution in [0.5, 0.6) is 5.75 Å². The van der Waals surface area contributed by atoms with E-state index in [0.29, 0.717) is 10.1 Å². The summed E-state index contributed by atoms with van der Waals surface area (Å²) in [5, 5.41) is 5.36. The molecule has 0 amide bonds. The standard InChI is InChI=1S/C19H21Cl2N3OS/c1-25-18-6-5-16(21)12-17(18)22-19(26)24-9-7-23(8-10-24)13-14-3-2-4-15(20)11-14/h2-6,11-12H,7-10,13H2,1H3,(H,22,26). The largest absolute Gasteiger partial charge is 0.495 e. The van der Waals surface area contributed by atoms with Crippen molar-refractivity contribution in [3.63, 3.8) is 0 Å². The maximum atomic E-state index is 6.08. The maximum absolute atomic E-state index is 6.08. The molecule has 138 valence electrons. The van der Waals surface area contributed by atoms with Crippen LogP contribution in [0.3, 0.4) is 0 Å². The highest BCUT2D eigenvalue weighted by Gasteiger charge is 2.20. The minimum atomic E-state index is 0.641. The van der Waals surface area contributed by atoms with E-state index in [-0.39, 0.29) is 0 Å². The summed E-state index contributed by atoms with van der Waals surface area (Å²) in [5.41, 5.74) is 2.02. The minimum Gasteiger partial charge on any atom is -0.495 e. The molecule has 1 N–H and O–H groups in total. The Balaban J connectivity index is 1.54. The second-order valence-corrected chi connectivity index (χ2v) is 7.43. The van der Waals surface area contributed by atoms with E-state index >= 15 is 0 Å². The van der Waals surface area contributed by atoms with Crippen molar-refractivity contribution in [2.24, 2.45) is 0 Å². The molecule has 1 aliphatic heterocycles. The van der Waals surface area contributed by atoms with Gasteiger partial charge in [-0.2, -0.15) is 0 Å². The van der Waals surface area contributed by atoms with Crippen LogP contribution in [-0.2, 0) is 6.54 Å². The van der Waals surface area contributed by atoms with Crippen LogP contribution in [0.1, 0.15) is 5.56 Å². The van der Waals surface area contributed by atoms with Crippen molar-refractivity contribution in [3.05, 3.63) is 58.1 Å². The molecule has 0 unspecified atom stereocenters. The van der Waals surface area contributed by atoms with Crippen LogP contribution in [0.2, 0.25) is 10.0 Å². The van der Waals surface area contributed by atoms with Crippen LogP contribution in [0.4, 0.5) is 5.69 Å². The number of halogens is 2. The van der Waals surface area contributed by atoms with Crippen molar-refractivity contribution in [1.29, 1.82) is 0 Å². The van der Waals surface area contributed by atoms with Gasteiger partial charge in [-0.15, -0.1) is 0 Å². The molecule has 4 nitrogen and oxygen atoms in total. The Morgan fingerprint density at radius 2 is 1.81 bits per heavy atom. The van der Waals surface area contributed by atoms with Crippen LogP contribution in [0, 0.1) is 0 Å². The molecule has 1 heterocycles. The molecule has 0 aliphatic carbocycles. The number of thiocarbonyl (C=S) groups is 1. The third-order valence-electron chi connectivity index (χ3n) is 4.36. The predicted octanol–water partition coefficient (Wildman–Crippen LogP) is 4.52. The van der Waals surface area contributed by atoms with Gasteiger partial charge in [-0.3, -0.25) is 4.90 Å². The van der Waals surface area contributed by atoms with E-state index < -0.39 is 0 Å². The Bertz CT molecular complexity index is 779. The lowest BCUT2D eigenvalue weighted by molar-refractivity contribution is 0.177. The van der Waals surface area contributed by atoms with E-state index in [2.05, 4.69) is 21.2 Å². The van der Waals surface area contributed by atoms with Crippen LogP contribution >= 0.6 is 35.4 Å². The normalized spacial score (nSPS) is 15.0. The van der Waals surface area contributed by atoms with E-state index in [4.69, 9.17) is 40.2 Å². The highest BCUT2D eigenvalue weighted by atomic mass is 35.5. The minimum absolute atomic E-state index is 0.641. The van der Waals surface area contributed by atoms with Gasteiger partial charge in [0.25, 0.3) is 0 Å². The highest BCUT2D eigenvalue weighted by Crippen LogP contribution is 2.28. The van der Waals surface area contributed by atoms with Crippen molar-refractivity contribution in [2.75, 3.05) is 38.6 Å². The molecule has 1 fully saturated rings. The average molecular weight is 410 g/mol. The molecule has 2 aromatic carbocycles. The highest BCUT2D eigenvalue weighted by molar-refractivity contribution is 7.80. The molecular formula is C19H21Cl2N3OS. The Morgan fingerprint density at radius 1 is 1.08 bits per heavy atom. The topological polar surface area (TPSA) is 27.7 Å². The summed E-state index contributed by atoms with van der Waals surface area (Å²) >= 11 is 17.7. The van der Waals surface area contributed by atoms with Gasteiger partial charge in [-0.25, -0.2) is 0 Å². The van der Waals surface area contributed by atoms with E-state index in [0.717, 1.165) is 49.2 Å². The smallest absolute Gasteiger partial charge is 0.173 e. The maximum Gasteiger partial charge on any atom is 0.173 e. The number of methoxy groups -OCH3 is 1. The van der Waals surface area contributed by atoms with Gasteiger partial charge in [-0.1, -0.05) is 35.3 Å². The summed E-state index contributed by atoms with van der Waals surface area (Å²) in [7, 11) is 1.63. The van der Waals surface area contributed by atoms with Crippen molar-refractivity contribution < 1.29 is 4.74 Å². The van der Waals surface area contributed by atoms with Gasteiger partial charge in [0.15, 0.2) is 5.11 Å². The van der Waals surface area contributed by atoms with Crippen molar-refractivity contribution in [1.82, 2.24) is 9.80 Å². The second-order valence-electron chi connectivity index (χ2n) is 6.17. The zero-order valence-corrected chi connectivity index (χ0v) is 16.9. The van der Waals surface area contributed by atoms with Crippen LogP contribution in [0.15, 0.2) is 42.5 Å². The Morgan fingerprint density at radius 3 is 2.50 bits per heavy atom. The zero-order chi connectivity index (χ0) is 18.5. The van der Waals surface area contributed by atoms with Gasteiger partial charge in [0, 0.05) is 42.8 Å². The molecule has 0 atom stereocenters. The number of piperazine rings is 1. The molecule has 0 aromatic heterocycles. The third kappa shape index (κ3) is 5.01. The van der Waals surface area contributed by atoms with Gasteiger partial charge in [0.05, 0.1) is 12.8 Å². The first-order valence-corrected chi connectivity index (χ1v) is 9.58. The van der Waals surface area contributed by atoms with Gasteiger partial charge >= 0.3 is 0 Å². The summed E-state index contributed by atoms with van der Waals surface area (Å²) < 4.78 is 5.36.